The van der Waals surface area contributed by atoms with Crippen LogP contribution in [-0.4, -0.2) is 5.78 Å². The number of Topliss-reactive ketones (excluding diaryl/α,β-unsaturated/α-hetero) is 1. The first kappa shape index (κ1) is 10.2. The van der Waals surface area contributed by atoms with E-state index in [1.54, 1.807) is 0 Å². The quantitative estimate of drug-likeness (QED) is 0.679. The average molecular weight is 256 g/mol. The molecule has 3 rings (SSSR count). The summed E-state index contributed by atoms with van der Waals surface area (Å²) in [5.41, 5.74) is 1.37. The molecule has 5 heteroatoms. The summed E-state index contributed by atoms with van der Waals surface area (Å²) in [5, 5.41) is 19.7. The van der Waals surface area contributed by atoms with Gasteiger partial charge in [-0.3, -0.25) is 4.79 Å². The number of allylic oxidation sites excluding steroid dienone is 2. The SMILES string of the molecule is N#CC(C#N)=C1CC(=O)c2c1sc1ccsc21. The molecule has 0 N–H and O–H groups in total. The van der Waals surface area contributed by atoms with Crippen molar-refractivity contribution in [2.75, 3.05) is 0 Å². The molecule has 0 amide bonds. The van der Waals surface area contributed by atoms with E-state index in [1.807, 2.05) is 23.6 Å². The van der Waals surface area contributed by atoms with E-state index in [4.69, 9.17) is 10.5 Å². The summed E-state index contributed by atoms with van der Waals surface area (Å²) in [4.78, 5) is 12.8. The van der Waals surface area contributed by atoms with Crippen molar-refractivity contribution in [2.24, 2.45) is 0 Å². The first-order valence-electron chi connectivity index (χ1n) is 4.83. The highest BCUT2D eigenvalue weighted by atomic mass is 32.1. The lowest BCUT2D eigenvalue weighted by atomic mass is 10.1. The lowest BCUT2D eigenvalue weighted by molar-refractivity contribution is 0.101. The monoisotopic (exact) mass is 256 g/mol. The zero-order valence-electron chi connectivity index (χ0n) is 8.48. The zero-order chi connectivity index (χ0) is 12.0. The molecule has 2 aromatic heterocycles. The summed E-state index contributed by atoms with van der Waals surface area (Å²) in [6.45, 7) is 0. The predicted octanol–water partition coefficient (Wildman–Crippen LogP) is 3.35. The Kier molecular flexibility index (Phi) is 2.12. The van der Waals surface area contributed by atoms with E-state index in [2.05, 4.69) is 0 Å². The third-order valence-corrected chi connectivity index (χ3v) is 4.99. The van der Waals surface area contributed by atoms with Gasteiger partial charge in [-0.15, -0.1) is 22.7 Å². The molecule has 80 valence electrons. The Balaban J connectivity index is 2.39. The van der Waals surface area contributed by atoms with Gasteiger partial charge in [0.05, 0.1) is 10.3 Å². The van der Waals surface area contributed by atoms with E-state index >= 15 is 0 Å². The van der Waals surface area contributed by atoms with Crippen molar-refractivity contribution in [1.29, 1.82) is 10.5 Å². The fourth-order valence-electron chi connectivity index (χ4n) is 1.98. The second kappa shape index (κ2) is 3.53. The third kappa shape index (κ3) is 1.27. The van der Waals surface area contributed by atoms with Crippen LogP contribution < -0.4 is 0 Å². The van der Waals surface area contributed by atoms with E-state index in [1.165, 1.54) is 22.7 Å². The van der Waals surface area contributed by atoms with Crippen LogP contribution in [0.25, 0.3) is 15.0 Å². The first-order chi connectivity index (χ1) is 8.26. The number of hydrogen-bond acceptors (Lipinski definition) is 5. The summed E-state index contributed by atoms with van der Waals surface area (Å²) >= 11 is 3.03. The van der Waals surface area contributed by atoms with Crippen molar-refractivity contribution < 1.29 is 4.79 Å². The van der Waals surface area contributed by atoms with Crippen molar-refractivity contribution in [2.45, 2.75) is 6.42 Å². The summed E-state index contributed by atoms with van der Waals surface area (Å²) in [6, 6.07) is 5.70. The second-order valence-corrected chi connectivity index (χ2v) is 5.57. The van der Waals surface area contributed by atoms with Gasteiger partial charge in [-0.05, 0) is 11.4 Å². The molecule has 0 aromatic carbocycles. The van der Waals surface area contributed by atoms with Crippen LogP contribution in [0.15, 0.2) is 17.0 Å². The summed E-state index contributed by atoms with van der Waals surface area (Å²) in [7, 11) is 0. The number of nitrogens with zero attached hydrogens (tertiary/aromatic N) is 2. The van der Waals surface area contributed by atoms with Crippen LogP contribution >= 0.6 is 22.7 Å². The Labute approximate surface area is 105 Å². The molecule has 0 fully saturated rings. The highest BCUT2D eigenvalue weighted by Gasteiger charge is 2.31. The molecule has 1 aliphatic rings. The molecule has 2 aromatic rings. The minimum atomic E-state index is 0.0201. The molecule has 2 heterocycles. The van der Waals surface area contributed by atoms with Crippen molar-refractivity contribution in [1.82, 2.24) is 0 Å². The smallest absolute Gasteiger partial charge is 0.170 e. The maximum absolute atomic E-state index is 11.9. The maximum atomic E-state index is 11.9. The molecule has 1 aliphatic carbocycles. The molecule has 17 heavy (non-hydrogen) atoms. The Morgan fingerprint density at radius 2 is 2.12 bits per heavy atom. The predicted molar refractivity (Wildman–Crippen MR) is 66.8 cm³/mol. The number of carbonyl (C=O) groups is 1. The molecule has 0 saturated carbocycles. The highest BCUT2D eigenvalue weighted by molar-refractivity contribution is 7.28. The summed E-state index contributed by atoms with van der Waals surface area (Å²) < 4.78 is 2.04. The number of hydrogen-bond donors (Lipinski definition) is 0. The van der Waals surface area contributed by atoms with E-state index in [0.29, 0.717) is 11.1 Å². The van der Waals surface area contributed by atoms with E-state index in [9.17, 15) is 4.79 Å². The van der Waals surface area contributed by atoms with Crippen LogP contribution in [0, 0.1) is 22.7 Å². The van der Waals surface area contributed by atoms with Gasteiger partial charge >= 0.3 is 0 Å². The number of rotatable bonds is 0. The Morgan fingerprint density at radius 3 is 2.82 bits per heavy atom. The van der Waals surface area contributed by atoms with Gasteiger partial charge in [0.2, 0.25) is 0 Å². The zero-order valence-corrected chi connectivity index (χ0v) is 10.1. The maximum Gasteiger partial charge on any atom is 0.170 e. The minimum Gasteiger partial charge on any atom is -0.294 e. The fraction of sp³-hybridized carbons (Fsp3) is 0.0833. The Hall–Kier alpha value is -1.95. The van der Waals surface area contributed by atoms with Crippen LogP contribution in [0.3, 0.4) is 0 Å². The molecule has 0 saturated heterocycles. The molecule has 0 unspecified atom stereocenters. The third-order valence-electron chi connectivity index (χ3n) is 2.71. The number of fused-ring (bicyclic) bond motifs is 3. The number of carbonyl (C=O) groups excluding carboxylic acids is 1. The second-order valence-electron chi connectivity index (χ2n) is 3.60. The number of thiophene rings is 2. The van der Waals surface area contributed by atoms with Gasteiger partial charge in [-0.1, -0.05) is 0 Å². The average Bonchev–Trinajstić information content (AvgIpc) is 2.93. The van der Waals surface area contributed by atoms with Crippen molar-refractivity contribution >= 4 is 43.4 Å². The summed E-state index contributed by atoms with van der Waals surface area (Å²) in [5.74, 6) is 0.0201. The molecular weight excluding hydrogens is 252 g/mol. The summed E-state index contributed by atoms with van der Waals surface area (Å²) in [6.07, 6.45) is 0.186. The molecule has 0 radical (unpaired) electrons. The van der Waals surface area contributed by atoms with Gasteiger partial charge < -0.3 is 0 Å². The Morgan fingerprint density at radius 1 is 1.35 bits per heavy atom. The van der Waals surface area contributed by atoms with Crippen LogP contribution in [0.1, 0.15) is 21.7 Å². The van der Waals surface area contributed by atoms with Gasteiger partial charge in [0, 0.05) is 21.6 Å². The van der Waals surface area contributed by atoms with Crippen molar-refractivity contribution in [3.63, 3.8) is 0 Å². The van der Waals surface area contributed by atoms with E-state index < -0.39 is 0 Å². The minimum absolute atomic E-state index is 0.0201. The topological polar surface area (TPSA) is 64.7 Å². The fourth-order valence-corrected chi connectivity index (χ4v) is 4.43. The lowest BCUT2D eigenvalue weighted by Crippen LogP contribution is -1.88. The molecule has 0 spiro atoms. The van der Waals surface area contributed by atoms with Gasteiger partial charge in [-0.25, -0.2) is 0 Å². The lowest BCUT2D eigenvalue weighted by Gasteiger charge is -1.92. The van der Waals surface area contributed by atoms with Crippen LogP contribution in [0.2, 0.25) is 0 Å². The van der Waals surface area contributed by atoms with Crippen LogP contribution in [0.4, 0.5) is 0 Å². The largest absolute Gasteiger partial charge is 0.294 e. The van der Waals surface area contributed by atoms with E-state index in [0.717, 1.165) is 14.3 Å². The highest BCUT2D eigenvalue weighted by Crippen LogP contribution is 2.46. The molecule has 0 aliphatic heterocycles. The standard InChI is InChI=1S/C12H4N2OS2/c13-4-6(5-14)7-3-8(15)10-11(7)17-9-1-2-16-12(9)10/h1-2H,3H2. The molecular formula is C12H4N2OS2. The van der Waals surface area contributed by atoms with Crippen molar-refractivity contribution in [3.8, 4) is 12.1 Å². The van der Waals surface area contributed by atoms with Gasteiger partial charge in [0.15, 0.2) is 5.78 Å². The van der Waals surface area contributed by atoms with Gasteiger partial charge in [0.25, 0.3) is 0 Å². The van der Waals surface area contributed by atoms with Crippen molar-refractivity contribution in [3.05, 3.63) is 27.5 Å². The molecule has 0 atom stereocenters. The number of nitriles is 2. The van der Waals surface area contributed by atoms with Crippen LogP contribution in [0.5, 0.6) is 0 Å². The molecule has 0 bridgehead atoms. The van der Waals surface area contributed by atoms with Gasteiger partial charge in [-0.2, -0.15) is 10.5 Å². The molecule has 3 nitrogen and oxygen atoms in total. The first-order valence-corrected chi connectivity index (χ1v) is 6.52. The Bertz CT molecular complexity index is 749. The van der Waals surface area contributed by atoms with Gasteiger partial charge in [0.1, 0.15) is 17.7 Å². The van der Waals surface area contributed by atoms with Crippen LogP contribution in [-0.2, 0) is 0 Å². The normalized spacial score (nSPS) is 13.5. The number of ketones is 1. The van der Waals surface area contributed by atoms with E-state index in [-0.39, 0.29) is 17.8 Å².